The third-order valence-corrected chi connectivity index (χ3v) is 14.7. The van der Waals surface area contributed by atoms with E-state index in [1.807, 2.05) is 0 Å². The molecule has 0 saturated heterocycles. The summed E-state index contributed by atoms with van der Waals surface area (Å²) in [6.45, 7) is 0. The van der Waals surface area contributed by atoms with Gasteiger partial charge in [-0.1, -0.05) is 12.8 Å². The third-order valence-electron chi connectivity index (χ3n) is 9.86. The van der Waals surface area contributed by atoms with Crippen LogP contribution in [0.2, 0.25) is 0 Å². The van der Waals surface area contributed by atoms with Crippen molar-refractivity contribution in [2.24, 2.45) is 0 Å². The number of halogens is 24. The van der Waals surface area contributed by atoms with E-state index in [0.29, 0.717) is 0 Å². The van der Waals surface area contributed by atoms with Gasteiger partial charge in [0.25, 0.3) is 14.7 Å². The van der Waals surface area contributed by atoms with Gasteiger partial charge in [0.15, 0.2) is 0 Å². The summed E-state index contributed by atoms with van der Waals surface area (Å²) in [4.78, 5) is 0. The summed E-state index contributed by atoms with van der Waals surface area (Å²) in [6.07, 6.45) is -55.2. The lowest BCUT2D eigenvalue weighted by Crippen LogP contribution is -2.38. The van der Waals surface area contributed by atoms with E-state index in [-0.39, 0.29) is 0 Å². The SMILES string of the molecule is O=P(O[C@H]1CCCC[C@@H]1OP(=O)(c1cc(C(F)(F)F)cc(C(F)(F)F)c1)c1cc(C(F)(F)F)cc(C(F)(F)F)c1)(c1cc(C(F)(F)F)cc(C(F)(F)F)c1)c1cc(C(F)(F)F)cc(C(F)(F)F)c1. The maximum Gasteiger partial charge on any atom is 0.416 e. The fraction of sp³-hybridized carbons (Fsp3) is 0.368. The maximum absolute atomic E-state index is 15.2. The summed E-state index contributed by atoms with van der Waals surface area (Å²) in [5, 5.41) is -7.89. The van der Waals surface area contributed by atoms with Crippen LogP contribution in [0.5, 0.6) is 0 Å². The second kappa shape index (κ2) is 17.8. The van der Waals surface area contributed by atoms with E-state index >= 15 is 9.13 Å². The Morgan fingerprint density at radius 2 is 0.441 bits per heavy atom. The van der Waals surface area contributed by atoms with Crippen LogP contribution in [0.3, 0.4) is 0 Å². The summed E-state index contributed by atoms with van der Waals surface area (Å²) < 4.78 is 379. The number of hydrogen-bond donors (Lipinski definition) is 0. The molecule has 4 aromatic rings. The van der Waals surface area contributed by atoms with E-state index < -0.39 is 241 Å². The molecule has 0 unspecified atom stereocenters. The standard InChI is InChI=1S/C38H22F24O4P2/c39-31(40,41)17-5-18(32(42,43)44)10-25(9-17)67(63,26-11-19(33(45,46)47)6-20(12-26)34(48,49)50)65-29-3-1-2-4-30(29)66-68(64,27-13-21(35(51,52)53)7-22(14-27)36(54,55)56)28-15-23(37(57,58)59)8-24(16-28)38(60,61)62/h5-16,29-30H,1-4H2/t29-,30-/m0/s1. The first-order chi connectivity index (χ1) is 30.4. The largest absolute Gasteiger partial charge is 0.416 e. The molecule has 2 atom stereocenters. The molecule has 0 spiro atoms. The molecule has 0 aliphatic heterocycles. The molecule has 30 heteroatoms. The molecule has 1 aliphatic carbocycles. The highest BCUT2D eigenvalue weighted by Gasteiger charge is 2.49. The first-order valence-electron chi connectivity index (χ1n) is 18.2. The lowest BCUT2D eigenvalue weighted by Gasteiger charge is -2.37. The minimum absolute atomic E-state index is 0.425. The lowest BCUT2D eigenvalue weighted by molar-refractivity contribution is -0.144. The van der Waals surface area contributed by atoms with Crippen molar-refractivity contribution < 1.29 is 124 Å². The summed E-state index contributed by atoms with van der Waals surface area (Å²) in [5.74, 6) is 0. The average Bonchev–Trinajstić information content (AvgIpc) is 3.18. The van der Waals surface area contributed by atoms with E-state index in [1.165, 1.54) is 0 Å². The van der Waals surface area contributed by atoms with E-state index in [0.717, 1.165) is 0 Å². The zero-order valence-electron chi connectivity index (χ0n) is 32.5. The number of rotatable bonds is 8. The molecule has 0 amide bonds. The Morgan fingerprint density at radius 1 is 0.294 bits per heavy atom. The van der Waals surface area contributed by atoms with Crippen LogP contribution in [-0.2, 0) is 67.6 Å². The highest BCUT2D eigenvalue weighted by Crippen LogP contribution is 2.56. The summed E-state index contributed by atoms with van der Waals surface area (Å²) >= 11 is 0. The summed E-state index contributed by atoms with van der Waals surface area (Å²) in [7, 11) is -13.0. The maximum atomic E-state index is 15.2. The Hall–Kier alpha value is -4.42. The highest BCUT2D eigenvalue weighted by molar-refractivity contribution is 7.74. The van der Waals surface area contributed by atoms with Crippen molar-refractivity contribution in [3.63, 3.8) is 0 Å². The van der Waals surface area contributed by atoms with Crippen LogP contribution >= 0.6 is 14.7 Å². The van der Waals surface area contributed by atoms with Gasteiger partial charge in [-0.15, -0.1) is 0 Å². The van der Waals surface area contributed by atoms with Gasteiger partial charge in [-0.2, -0.15) is 105 Å². The van der Waals surface area contributed by atoms with Gasteiger partial charge in [-0.05, 0) is 85.6 Å². The van der Waals surface area contributed by atoms with E-state index in [1.54, 1.807) is 0 Å². The molecule has 1 fully saturated rings. The molecule has 0 radical (unpaired) electrons. The molecule has 0 aromatic heterocycles. The quantitative estimate of drug-likeness (QED) is 0.130. The fourth-order valence-electron chi connectivity index (χ4n) is 6.66. The van der Waals surface area contributed by atoms with Gasteiger partial charge < -0.3 is 9.05 Å². The molecule has 0 N–H and O–H groups in total. The molecule has 1 saturated carbocycles. The minimum Gasteiger partial charge on any atom is -0.316 e. The van der Waals surface area contributed by atoms with Gasteiger partial charge >= 0.3 is 49.4 Å². The zero-order chi connectivity index (χ0) is 51.8. The molecule has 0 heterocycles. The summed E-state index contributed by atoms with van der Waals surface area (Å²) in [5.41, 5.74) is -19.3. The Bertz CT molecular complexity index is 2150. The Morgan fingerprint density at radius 3 is 0.574 bits per heavy atom. The molecule has 0 bridgehead atoms. The number of alkyl halides is 24. The predicted octanol–water partition coefficient (Wildman–Crippen LogP) is 14.3. The van der Waals surface area contributed by atoms with Crippen molar-refractivity contribution in [3.8, 4) is 0 Å². The van der Waals surface area contributed by atoms with Crippen LogP contribution in [0.25, 0.3) is 0 Å². The molecule has 376 valence electrons. The van der Waals surface area contributed by atoms with Crippen molar-refractivity contribution in [2.75, 3.05) is 0 Å². The molecule has 68 heavy (non-hydrogen) atoms. The van der Waals surface area contributed by atoms with Crippen LogP contribution in [0.15, 0.2) is 72.8 Å². The number of benzene rings is 4. The van der Waals surface area contributed by atoms with E-state index in [4.69, 9.17) is 9.05 Å². The Labute approximate surface area is 364 Å². The molecular weight excluding hydrogens is 1040 g/mol. The van der Waals surface area contributed by atoms with Crippen LogP contribution in [0.1, 0.15) is 70.2 Å². The van der Waals surface area contributed by atoms with Crippen LogP contribution < -0.4 is 21.2 Å². The van der Waals surface area contributed by atoms with E-state index in [2.05, 4.69) is 0 Å². The fourth-order valence-corrected chi connectivity index (χ4v) is 11.5. The molecule has 5 rings (SSSR count). The van der Waals surface area contributed by atoms with Crippen molar-refractivity contribution in [3.05, 3.63) is 117 Å². The third kappa shape index (κ3) is 12.1. The van der Waals surface area contributed by atoms with Crippen molar-refractivity contribution in [1.82, 2.24) is 0 Å². The zero-order valence-corrected chi connectivity index (χ0v) is 34.3. The van der Waals surface area contributed by atoms with Gasteiger partial charge in [-0.3, -0.25) is 9.13 Å². The van der Waals surface area contributed by atoms with Crippen LogP contribution in [0, 0.1) is 0 Å². The minimum atomic E-state index is -6.51. The van der Waals surface area contributed by atoms with Gasteiger partial charge in [0.2, 0.25) is 0 Å². The smallest absolute Gasteiger partial charge is 0.316 e. The highest BCUT2D eigenvalue weighted by atomic mass is 31.2. The van der Waals surface area contributed by atoms with Crippen LogP contribution in [0.4, 0.5) is 105 Å². The number of hydrogen-bond acceptors (Lipinski definition) is 4. The van der Waals surface area contributed by atoms with Gasteiger partial charge in [0.05, 0.1) is 56.7 Å². The second-order valence-electron chi connectivity index (χ2n) is 14.7. The average molecular weight is 1060 g/mol. The first-order valence-corrected chi connectivity index (χ1v) is 21.5. The Kier molecular flexibility index (Phi) is 14.2. The van der Waals surface area contributed by atoms with E-state index in [9.17, 15) is 105 Å². The van der Waals surface area contributed by atoms with Crippen LogP contribution in [-0.4, -0.2) is 12.2 Å². The molecular formula is C38H22F24O4P2. The predicted molar refractivity (Wildman–Crippen MR) is 188 cm³/mol. The van der Waals surface area contributed by atoms with Gasteiger partial charge in [0.1, 0.15) is 0 Å². The normalized spacial score (nSPS) is 17.7. The van der Waals surface area contributed by atoms with Gasteiger partial charge in [-0.25, -0.2) is 0 Å². The molecule has 1 aliphatic rings. The Balaban J connectivity index is 1.87. The van der Waals surface area contributed by atoms with Crippen molar-refractivity contribution in [2.45, 2.75) is 87.3 Å². The topological polar surface area (TPSA) is 52.6 Å². The monoisotopic (exact) mass is 1060 g/mol. The van der Waals surface area contributed by atoms with Crippen molar-refractivity contribution in [1.29, 1.82) is 0 Å². The molecule has 4 aromatic carbocycles. The van der Waals surface area contributed by atoms with Gasteiger partial charge in [0, 0.05) is 21.2 Å². The first kappa shape index (κ1) is 54.5. The van der Waals surface area contributed by atoms with Crippen molar-refractivity contribution >= 4 is 36.0 Å². The summed E-state index contributed by atoms with van der Waals surface area (Å²) in [6, 6.07) is -6.26. The second-order valence-corrected chi connectivity index (χ2v) is 19.4. The molecule has 4 nitrogen and oxygen atoms in total. The lowest BCUT2D eigenvalue weighted by atomic mass is 9.95.